The fourth-order valence-electron chi connectivity index (χ4n) is 1.45. The monoisotopic (exact) mass is 289 g/mol. The number of sulfonamides is 1. The van der Waals surface area contributed by atoms with Crippen molar-refractivity contribution in [2.75, 3.05) is 18.9 Å². The van der Waals surface area contributed by atoms with Crippen molar-refractivity contribution in [3.05, 3.63) is 30.1 Å². The van der Waals surface area contributed by atoms with Gasteiger partial charge in [-0.3, -0.25) is 0 Å². The van der Waals surface area contributed by atoms with Crippen LogP contribution < -0.4 is 9.46 Å². The Morgan fingerprint density at radius 2 is 1.89 bits per heavy atom. The molecule has 1 aromatic rings. The molecule has 0 aliphatic heterocycles. The fourth-order valence-corrected chi connectivity index (χ4v) is 2.54. The van der Waals surface area contributed by atoms with Crippen molar-refractivity contribution >= 4 is 10.0 Å². The summed E-state index contributed by atoms with van der Waals surface area (Å²) in [6.07, 6.45) is 2.19. The predicted octanol–water partition coefficient (Wildman–Crippen LogP) is 2.31. The van der Waals surface area contributed by atoms with Crippen LogP contribution in [0.15, 0.2) is 24.3 Å². The third kappa shape index (κ3) is 7.12. The minimum atomic E-state index is -3.20. The van der Waals surface area contributed by atoms with Crippen LogP contribution in [-0.2, 0) is 10.0 Å². The van der Waals surface area contributed by atoms with E-state index in [0.29, 0.717) is 25.3 Å². The van der Waals surface area contributed by atoms with Gasteiger partial charge in [-0.1, -0.05) is 13.3 Å². The van der Waals surface area contributed by atoms with Crippen LogP contribution in [0.2, 0.25) is 0 Å². The third-order valence-electron chi connectivity index (χ3n) is 2.49. The Labute approximate surface area is 114 Å². The number of rotatable bonds is 9. The van der Waals surface area contributed by atoms with Crippen LogP contribution in [0.5, 0.6) is 5.75 Å². The largest absolute Gasteiger partial charge is 0.494 e. The number of hydrogen-bond acceptors (Lipinski definition) is 3. The molecule has 0 amide bonds. The van der Waals surface area contributed by atoms with Crippen LogP contribution in [0.4, 0.5) is 4.39 Å². The summed E-state index contributed by atoms with van der Waals surface area (Å²) in [6, 6.07) is 5.64. The summed E-state index contributed by atoms with van der Waals surface area (Å²) in [5, 5.41) is 0. The molecule has 0 radical (unpaired) electrons. The Morgan fingerprint density at radius 1 is 1.21 bits per heavy atom. The van der Waals surface area contributed by atoms with Gasteiger partial charge >= 0.3 is 0 Å². The second kappa shape index (κ2) is 8.12. The molecule has 19 heavy (non-hydrogen) atoms. The average Bonchev–Trinajstić information content (AvgIpc) is 2.37. The molecule has 1 N–H and O–H groups in total. The van der Waals surface area contributed by atoms with Gasteiger partial charge in [0.15, 0.2) is 0 Å². The smallest absolute Gasteiger partial charge is 0.211 e. The van der Waals surface area contributed by atoms with Gasteiger partial charge in [0.2, 0.25) is 10.0 Å². The van der Waals surface area contributed by atoms with Crippen molar-refractivity contribution in [2.45, 2.75) is 26.2 Å². The van der Waals surface area contributed by atoms with Crippen molar-refractivity contribution < 1.29 is 17.5 Å². The van der Waals surface area contributed by atoms with E-state index >= 15 is 0 Å². The molecule has 0 bridgehead atoms. The summed E-state index contributed by atoms with van der Waals surface area (Å²) in [6.45, 7) is 2.78. The highest BCUT2D eigenvalue weighted by molar-refractivity contribution is 7.89. The maximum absolute atomic E-state index is 12.6. The molecule has 0 aromatic heterocycles. The van der Waals surface area contributed by atoms with Gasteiger partial charge < -0.3 is 4.74 Å². The van der Waals surface area contributed by atoms with Crippen LogP contribution in [-0.4, -0.2) is 27.3 Å². The van der Waals surface area contributed by atoms with Crippen molar-refractivity contribution in [3.8, 4) is 5.75 Å². The zero-order valence-electron chi connectivity index (χ0n) is 11.1. The Bertz CT molecular complexity index is 459. The normalized spacial score (nSPS) is 11.5. The minimum absolute atomic E-state index is 0.0396. The second-order valence-corrected chi connectivity index (χ2v) is 6.15. The maximum Gasteiger partial charge on any atom is 0.211 e. The van der Waals surface area contributed by atoms with E-state index in [2.05, 4.69) is 4.72 Å². The van der Waals surface area contributed by atoms with Gasteiger partial charge in [0.25, 0.3) is 0 Å². The number of unbranched alkanes of at least 4 members (excludes halogenated alkanes) is 1. The van der Waals surface area contributed by atoms with E-state index < -0.39 is 10.0 Å². The Hall–Kier alpha value is -1.14. The van der Waals surface area contributed by atoms with E-state index in [1.54, 1.807) is 0 Å². The molecule has 0 unspecified atom stereocenters. The predicted molar refractivity (Wildman–Crippen MR) is 73.2 cm³/mol. The standard InChI is InChI=1S/C13H20FNO3S/c1-2-3-9-15-19(16,17)11-4-10-18-13-7-5-12(14)6-8-13/h5-8,15H,2-4,9-11H2,1H3. The van der Waals surface area contributed by atoms with Crippen molar-refractivity contribution in [1.29, 1.82) is 0 Å². The zero-order valence-corrected chi connectivity index (χ0v) is 11.9. The van der Waals surface area contributed by atoms with Crippen LogP contribution in [0.3, 0.4) is 0 Å². The number of benzene rings is 1. The Kier molecular flexibility index (Phi) is 6.80. The lowest BCUT2D eigenvalue weighted by atomic mass is 10.3. The van der Waals surface area contributed by atoms with E-state index in [1.807, 2.05) is 6.92 Å². The second-order valence-electron chi connectivity index (χ2n) is 4.22. The van der Waals surface area contributed by atoms with Crippen molar-refractivity contribution in [1.82, 2.24) is 4.72 Å². The SMILES string of the molecule is CCCCNS(=O)(=O)CCCOc1ccc(F)cc1. The Morgan fingerprint density at radius 3 is 2.53 bits per heavy atom. The summed E-state index contributed by atoms with van der Waals surface area (Å²) in [5.74, 6) is 0.255. The molecule has 0 fully saturated rings. The van der Waals surface area contributed by atoms with Gasteiger partial charge in [0, 0.05) is 6.54 Å². The minimum Gasteiger partial charge on any atom is -0.494 e. The molecular weight excluding hydrogens is 269 g/mol. The van der Waals surface area contributed by atoms with Gasteiger partial charge in [-0.2, -0.15) is 0 Å². The van der Waals surface area contributed by atoms with Gasteiger partial charge in [0.05, 0.1) is 12.4 Å². The van der Waals surface area contributed by atoms with Crippen LogP contribution in [0.25, 0.3) is 0 Å². The Balaban J connectivity index is 2.21. The lowest BCUT2D eigenvalue weighted by Gasteiger charge is -2.07. The molecule has 108 valence electrons. The molecule has 0 atom stereocenters. The highest BCUT2D eigenvalue weighted by Gasteiger charge is 2.08. The highest BCUT2D eigenvalue weighted by atomic mass is 32.2. The zero-order chi connectivity index (χ0) is 14.1. The van der Waals surface area contributed by atoms with Gasteiger partial charge in [-0.05, 0) is 37.1 Å². The third-order valence-corrected chi connectivity index (χ3v) is 3.96. The topological polar surface area (TPSA) is 55.4 Å². The molecule has 1 rings (SSSR count). The first kappa shape index (κ1) is 15.9. The number of halogens is 1. The first-order valence-electron chi connectivity index (χ1n) is 6.39. The van der Waals surface area contributed by atoms with Crippen molar-refractivity contribution in [3.63, 3.8) is 0 Å². The van der Waals surface area contributed by atoms with Crippen LogP contribution in [0.1, 0.15) is 26.2 Å². The quantitative estimate of drug-likeness (QED) is 0.710. The van der Waals surface area contributed by atoms with Gasteiger partial charge in [-0.25, -0.2) is 17.5 Å². The van der Waals surface area contributed by atoms with Gasteiger partial charge in [-0.15, -0.1) is 0 Å². The first-order valence-corrected chi connectivity index (χ1v) is 8.04. The van der Waals surface area contributed by atoms with E-state index in [-0.39, 0.29) is 11.6 Å². The van der Waals surface area contributed by atoms with E-state index in [4.69, 9.17) is 4.74 Å². The molecule has 6 heteroatoms. The maximum atomic E-state index is 12.6. The number of hydrogen-bond donors (Lipinski definition) is 1. The summed E-state index contributed by atoms with van der Waals surface area (Å²) >= 11 is 0. The molecule has 0 saturated carbocycles. The van der Waals surface area contributed by atoms with E-state index in [0.717, 1.165) is 12.8 Å². The summed E-state index contributed by atoms with van der Waals surface area (Å²) in [4.78, 5) is 0. The summed E-state index contributed by atoms with van der Waals surface area (Å²) in [7, 11) is -3.20. The molecule has 0 aliphatic rings. The van der Waals surface area contributed by atoms with E-state index in [1.165, 1.54) is 24.3 Å². The number of nitrogens with one attached hydrogen (secondary N) is 1. The van der Waals surface area contributed by atoms with Gasteiger partial charge in [0.1, 0.15) is 11.6 Å². The number of ether oxygens (including phenoxy) is 1. The highest BCUT2D eigenvalue weighted by Crippen LogP contribution is 2.11. The van der Waals surface area contributed by atoms with E-state index in [9.17, 15) is 12.8 Å². The lowest BCUT2D eigenvalue weighted by molar-refractivity contribution is 0.317. The molecule has 0 saturated heterocycles. The van der Waals surface area contributed by atoms with Crippen molar-refractivity contribution in [2.24, 2.45) is 0 Å². The van der Waals surface area contributed by atoms with Crippen LogP contribution in [0, 0.1) is 5.82 Å². The molecule has 1 aromatic carbocycles. The molecule has 0 spiro atoms. The summed E-state index contributed by atoms with van der Waals surface area (Å²) in [5.41, 5.74) is 0. The molecular formula is C13H20FNO3S. The van der Waals surface area contributed by atoms with Crippen LogP contribution >= 0.6 is 0 Å². The fraction of sp³-hybridized carbons (Fsp3) is 0.538. The molecule has 4 nitrogen and oxygen atoms in total. The molecule has 0 aliphatic carbocycles. The molecule has 0 heterocycles. The first-order chi connectivity index (χ1) is 9.03. The average molecular weight is 289 g/mol. The summed E-state index contributed by atoms with van der Waals surface area (Å²) < 4.78 is 43.6. The lowest BCUT2D eigenvalue weighted by Crippen LogP contribution is -2.28.